The van der Waals surface area contributed by atoms with Crippen molar-refractivity contribution in [3.05, 3.63) is 76.8 Å². The predicted octanol–water partition coefficient (Wildman–Crippen LogP) is 5.90. The summed E-state index contributed by atoms with van der Waals surface area (Å²) >= 11 is 1.41. The topological polar surface area (TPSA) is 68.0 Å². The summed E-state index contributed by atoms with van der Waals surface area (Å²) in [5.41, 5.74) is 5.49. The molecule has 1 amide bonds. The minimum absolute atomic E-state index is 0.139. The Kier molecular flexibility index (Phi) is 4.56. The molecule has 3 aromatic carbocycles. The third-order valence-electron chi connectivity index (χ3n) is 5.28. The lowest BCUT2D eigenvalue weighted by Gasteiger charge is -2.02. The van der Waals surface area contributed by atoms with Crippen LogP contribution in [0.25, 0.3) is 33.0 Å². The quantitative estimate of drug-likeness (QED) is 0.398. The fourth-order valence-electron chi connectivity index (χ4n) is 3.50. The molecule has 6 heteroatoms. The van der Waals surface area contributed by atoms with Gasteiger partial charge in [-0.2, -0.15) is 0 Å². The maximum atomic E-state index is 12.6. The van der Waals surface area contributed by atoms with Gasteiger partial charge in [0, 0.05) is 16.3 Å². The Labute approximate surface area is 177 Å². The molecule has 2 aromatic heterocycles. The fourth-order valence-corrected chi connectivity index (χ4v) is 4.24. The Bertz CT molecular complexity index is 1400. The lowest BCUT2D eigenvalue weighted by Crippen LogP contribution is -2.14. The van der Waals surface area contributed by atoms with Crippen molar-refractivity contribution < 1.29 is 9.32 Å². The van der Waals surface area contributed by atoms with E-state index in [0.29, 0.717) is 16.4 Å². The van der Waals surface area contributed by atoms with Crippen molar-refractivity contribution in [2.45, 2.75) is 20.3 Å². The monoisotopic (exact) mass is 413 g/mol. The van der Waals surface area contributed by atoms with Gasteiger partial charge < -0.3 is 9.84 Å². The van der Waals surface area contributed by atoms with Crippen molar-refractivity contribution in [2.75, 3.05) is 5.32 Å². The second-order valence-corrected chi connectivity index (χ2v) is 8.24. The highest BCUT2D eigenvalue weighted by Crippen LogP contribution is 2.28. The van der Waals surface area contributed by atoms with E-state index in [4.69, 9.17) is 4.52 Å². The van der Waals surface area contributed by atoms with E-state index in [0.717, 1.165) is 33.2 Å². The highest BCUT2D eigenvalue weighted by Gasteiger charge is 2.15. The van der Waals surface area contributed by atoms with Gasteiger partial charge >= 0.3 is 0 Å². The maximum Gasteiger partial charge on any atom is 0.232 e. The molecule has 1 N–H and O–H groups in total. The summed E-state index contributed by atoms with van der Waals surface area (Å²) in [4.78, 5) is 17.2. The van der Waals surface area contributed by atoms with Gasteiger partial charge in [-0.05, 0) is 53.9 Å². The van der Waals surface area contributed by atoms with E-state index in [9.17, 15) is 4.79 Å². The Balaban J connectivity index is 1.33. The average Bonchev–Trinajstić information content (AvgIpc) is 3.35. The molecule has 148 valence electrons. The third-order valence-corrected chi connectivity index (χ3v) is 6.04. The number of fused-ring (bicyclic) bond motifs is 2. The summed E-state index contributed by atoms with van der Waals surface area (Å²) in [5, 5.41) is 12.7. The van der Waals surface area contributed by atoms with Crippen molar-refractivity contribution >= 4 is 44.1 Å². The fraction of sp³-hybridized carbons (Fsp3) is 0.125. The van der Waals surface area contributed by atoms with Gasteiger partial charge in [0.2, 0.25) is 5.91 Å². The summed E-state index contributed by atoms with van der Waals surface area (Å²) in [6.45, 7) is 4.06. The van der Waals surface area contributed by atoms with E-state index >= 15 is 0 Å². The molecule has 5 rings (SSSR count). The number of nitrogens with zero attached hydrogens (tertiary/aromatic N) is 2. The van der Waals surface area contributed by atoms with E-state index in [1.807, 2.05) is 43.5 Å². The van der Waals surface area contributed by atoms with Crippen LogP contribution in [0.4, 0.5) is 5.13 Å². The van der Waals surface area contributed by atoms with Crippen molar-refractivity contribution in [1.29, 1.82) is 0 Å². The van der Waals surface area contributed by atoms with Gasteiger partial charge in [-0.3, -0.25) is 4.79 Å². The van der Waals surface area contributed by atoms with Crippen LogP contribution in [0.15, 0.2) is 64.5 Å². The molecule has 0 radical (unpaired) electrons. The number of nitrogens with one attached hydrogen (secondary N) is 1. The van der Waals surface area contributed by atoms with Gasteiger partial charge in [-0.15, -0.1) is 11.3 Å². The van der Waals surface area contributed by atoms with Gasteiger partial charge in [0.25, 0.3) is 0 Å². The Morgan fingerprint density at radius 2 is 1.83 bits per heavy atom. The highest BCUT2D eigenvalue weighted by atomic mass is 32.1. The van der Waals surface area contributed by atoms with Crippen LogP contribution in [-0.2, 0) is 11.2 Å². The highest BCUT2D eigenvalue weighted by molar-refractivity contribution is 7.14. The number of thiazole rings is 1. The number of anilines is 1. The van der Waals surface area contributed by atoms with Crippen LogP contribution in [0.1, 0.15) is 16.8 Å². The van der Waals surface area contributed by atoms with Crippen LogP contribution in [-0.4, -0.2) is 16.0 Å². The summed E-state index contributed by atoms with van der Waals surface area (Å²) in [6.07, 6.45) is 0.139. The van der Waals surface area contributed by atoms with E-state index < -0.39 is 0 Å². The van der Waals surface area contributed by atoms with Crippen LogP contribution in [0.3, 0.4) is 0 Å². The van der Waals surface area contributed by atoms with Gasteiger partial charge in [-0.25, -0.2) is 4.98 Å². The van der Waals surface area contributed by atoms with Crippen LogP contribution < -0.4 is 5.32 Å². The molecule has 0 saturated heterocycles. The molecular formula is C24H19N3O2S. The van der Waals surface area contributed by atoms with Crippen molar-refractivity contribution in [2.24, 2.45) is 0 Å². The number of amides is 1. The van der Waals surface area contributed by atoms with Crippen LogP contribution in [0, 0.1) is 13.8 Å². The van der Waals surface area contributed by atoms with E-state index in [1.165, 1.54) is 16.7 Å². The molecule has 30 heavy (non-hydrogen) atoms. The number of benzene rings is 3. The first kappa shape index (κ1) is 18.5. The zero-order valence-corrected chi connectivity index (χ0v) is 17.4. The molecule has 0 fully saturated rings. The first-order valence-corrected chi connectivity index (χ1v) is 10.5. The summed E-state index contributed by atoms with van der Waals surface area (Å²) in [5.74, 6) is -0.164. The molecule has 2 heterocycles. The zero-order valence-electron chi connectivity index (χ0n) is 16.6. The summed E-state index contributed by atoms with van der Waals surface area (Å²) in [6, 6.07) is 18.4. The van der Waals surface area contributed by atoms with Crippen LogP contribution in [0.2, 0.25) is 0 Å². The number of carbonyl (C=O) groups is 1. The third kappa shape index (κ3) is 3.46. The number of rotatable bonds is 4. The molecule has 0 aliphatic carbocycles. The minimum atomic E-state index is -0.164. The SMILES string of the molecule is Cc1cc2onc(CC(=O)Nc3nc(-c4ccc5ccccc5c4)cs3)c2cc1C. The second-order valence-electron chi connectivity index (χ2n) is 7.39. The molecule has 0 bridgehead atoms. The largest absolute Gasteiger partial charge is 0.356 e. The van der Waals surface area contributed by atoms with E-state index in [1.54, 1.807) is 0 Å². The van der Waals surface area contributed by atoms with Crippen LogP contribution in [0.5, 0.6) is 0 Å². The first-order valence-electron chi connectivity index (χ1n) is 9.67. The predicted molar refractivity (Wildman–Crippen MR) is 121 cm³/mol. The normalized spacial score (nSPS) is 11.3. The Hall–Kier alpha value is -3.51. The summed E-state index contributed by atoms with van der Waals surface area (Å²) < 4.78 is 5.39. The lowest BCUT2D eigenvalue weighted by atomic mass is 10.1. The zero-order chi connectivity index (χ0) is 20.7. The smallest absolute Gasteiger partial charge is 0.232 e. The number of hydrogen-bond acceptors (Lipinski definition) is 5. The number of hydrogen-bond donors (Lipinski definition) is 1. The average molecular weight is 414 g/mol. The van der Waals surface area contributed by atoms with Gasteiger partial charge in [-0.1, -0.05) is 41.6 Å². The number of carbonyl (C=O) groups excluding carboxylic acids is 1. The van der Waals surface area contributed by atoms with E-state index in [2.05, 4.69) is 45.8 Å². The molecule has 0 aliphatic rings. The van der Waals surface area contributed by atoms with Gasteiger partial charge in [0.05, 0.1) is 12.1 Å². The minimum Gasteiger partial charge on any atom is -0.356 e. The van der Waals surface area contributed by atoms with Crippen LogP contribution >= 0.6 is 11.3 Å². The molecule has 0 spiro atoms. The van der Waals surface area contributed by atoms with Gasteiger partial charge in [0.15, 0.2) is 10.7 Å². The van der Waals surface area contributed by atoms with Gasteiger partial charge in [0.1, 0.15) is 5.69 Å². The standard InChI is InChI=1S/C24H19N3O2S/c1-14-9-19-20(27-29-22(19)10-15(14)2)12-23(28)26-24-25-21(13-30-24)18-8-7-16-5-3-4-6-17(16)11-18/h3-11,13H,12H2,1-2H3,(H,25,26,28). The molecule has 0 unspecified atom stereocenters. The maximum absolute atomic E-state index is 12.6. The molecule has 0 aliphatic heterocycles. The van der Waals surface area contributed by atoms with Crippen molar-refractivity contribution in [3.8, 4) is 11.3 Å². The summed E-state index contributed by atoms with van der Waals surface area (Å²) in [7, 11) is 0. The Morgan fingerprint density at radius 1 is 1.03 bits per heavy atom. The lowest BCUT2D eigenvalue weighted by molar-refractivity contribution is -0.115. The van der Waals surface area contributed by atoms with E-state index in [-0.39, 0.29) is 12.3 Å². The number of aryl methyl sites for hydroxylation is 2. The molecule has 5 aromatic rings. The molecule has 5 nitrogen and oxygen atoms in total. The second kappa shape index (κ2) is 7.39. The molecule has 0 atom stereocenters. The molecule has 0 saturated carbocycles. The number of aromatic nitrogens is 2. The van der Waals surface area contributed by atoms with Crippen molar-refractivity contribution in [3.63, 3.8) is 0 Å². The van der Waals surface area contributed by atoms with Crippen molar-refractivity contribution in [1.82, 2.24) is 10.1 Å². The first-order chi connectivity index (χ1) is 14.6. The molecular weight excluding hydrogens is 394 g/mol. The Morgan fingerprint density at radius 3 is 2.70 bits per heavy atom.